The number of nitrogens with zero attached hydrogens (tertiary/aromatic N) is 3. The zero-order chi connectivity index (χ0) is 24.8. The van der Waals surface area contributed by atoms with E-state index in [1.807, 2.05) is 0 Å². The summed E-state index contributed by atoms with van der Waals surface area (Å²) in [7, 11) is -2.11. The molecular formula is C18H18ClF4N3O5S. The molecule has 0 N–H and O–H groups in total. The number of aromatic nitrogens is 2. The van der Waals surface area contributed by atoms with Crippen LogP contribution in [0.2, 0.25) is 5.02 Å². The average molecular weight is 500 g/mol. The molecule has 14 heteroatoms. The van der Waals surface area contributed by atoms with Gasteiger partial charge in [-0.2, -0.15) is 13.2 Å². The Labute approximate surface area is 184 Å². The highest BCUT2D eigenvalue weighted by molar-refractivity contribution is 7.89. The molecule has 1 aromatic heterocycles. The van der Waals surface area contributed by atoms with Crippen LogP contribution in [0, 0.1) is 5.82 Å². The van der Waals surface area contributed by atoms with Gasteiger partial charge in [0.05, 0.1) is 10.7 Å². The van der Waals surface area contributed by atoms with Crippen molar-refractivity contribution in [3.05, 3.63) is 61.1 Å². The summed E-state index contributed by atoms with van der Waals surface area (Å²) in [6, 6.07) is 0.840. The number of rotatable bonds is 6. The lowest BCUT2D eigenvalue weighted by molar-refractivity contribution is -0.144. The zero-order valence-electron chi connectivity index (χ0n) is 17.2. The minimum atomic E-state index is -5.03. The van der Waals surface area contributed by atoms with Crippen LogP contribution in [0.25, 0.3) is 5.69 Å². The second-order valence-electron chi connectivity index (χ2n) is 7.12. The second kappa shape index (κ2) is 8.79. The van der Waals surface area contributed by atoms with E-state index in [-0.39, 0.29) is 15.2 Å². The molecular weight excluding hydrogens is 482 g/mol. The van der Waals surface area contributed by atoms with Gasteiger partial charge in [0.15, 0.2) is 5.78 Å². The van der Waals surface area contributed by atoms with Crippen molar-refractivity contribution < 1.29 is 30.8 Å². The molecule has 0 spiro atoms. The number of carbonyl (C=O) groups is 1. The van der Waals surface area contributed by atoms with E-state index in [0.717, 1.165) is 11.4 Å². The van der Waals surface area contributed by atoms with Gasteiger partial charge >= 0.3 is 11.9 Å². The van der Waals surface area contributed by atoms with E-state index in [9.17, 15) is 40.4 Å². The number of sulfonamides is 1. The van der Waals surface area contributed by atoms with Crippen molar-refractivity contribution in [2.24, 2.45) is 7.05 Å². The van der Waals surface area contributed by atoms with Crippen molar-refractivity contribution in [2.45, 2.75) is 26.1 Å². The first-order valence-corrected chi connectivity index (χ1v) is 10.9. The van der Waals surface area contributed by atoms with Gasteiger partial charge in [-0.15, -0.1) is 0 Å². The quantitative estimate of drug-likeness (QED) is 0.448. The lowest BCUT2D eigenvalue weighted by Crippen LogP contribution is -2.41. The topological polar surface area (TPSA) is 98.4 Å². The Morgan fingerprint density at radius 3 is 2.25 bits per heavy atom. The number of alkyl halides is 3. The SMILES string of the molecule is CC(C)N(C)S(=O)(=O)CC(=O)c1cc(-n2c(=O)cc(C(F)(F)F)n(C)c2=O)c(F)cc1Cl. The van der Waals surface area contributed by atoms with Gasteiger partial charge < -0.3 is 0 Å². The lowest BCUT2D eigenvalue weighted by Gasteiger charge is -2.20. The molecule has 8 nitrogen and oxygen atoms in total. The Hall–Kier alpha value is -2.51. The first-order chi connectivity index (χ1) is 14.5. The van der Waals surface area contributed by atoms with Crippen LogP contribution in [0.1, 0.15) is 29.9 Å². The summed E-state index contributed by atoms with van der Waals surface area (Å²) in [5, 5.41) is -0.504. The Morgan fingerprint density at radius 1 is 1.19 bits per heavy atom. The summed E-state index contributed by atoms with van der Waals surface area (Å²) in [4.78, 5) is 37.2. The Kier molecular flexibility index (Phi) is 7.07. The molecule has 0 fully saturated rings. The number of benzene rings is 1. The molecule has 2 aromatic rings. The van der Waals surface area contributed by atoms with E-state index in [2.05, 4.69) is 0 Å². The Bertz CT molecular complexity index is 1300. The number of ketones is 1. The van der Waals surface area contributed by atoms with Crippen LogP contribution >= 0.6 is 11.6 Å². The predicted octanol–water partition coefficient (Wildman–Crippen LogP) is 2.20. The fourth-order valence-electron chi connectivity index (χ4n) is 2.71. The third kappa shape index (κ3) is 4.94. The summed E-state index contributed by atoms with van der Waals surface area (Å²) in [6.45, 7) is 3.13. The number of Topliss-reactive ketones (excluding diaryl/α,β-unsaturated/α-hetero) is 1. The molecule has 1 aromatic carbocycles. The fraction of sp³-hybridized carbons (Fsp3) is 0.389. The van der Waals surface area contributed by atoms with Crippen molar-refractivity contribution >= 4 is 27.4 Å². The third-order valence-corrected chi connectivity index (χ3v) is 6.91. The molecule has 0 radical (unpaired) electrons. The van der Waals surface area contributed by atoms with Crippen LogP contribution in [0.5, 0.6) is 0 Å². The average Bonchev–Trinajstić information content (AvgIpc) is 2.64. The Morgan fingerprint density at radius 2 is 1.75 bits per heavy atom. The number of halogens is 5. The minimum Gasteiger partial charge on any atom is -0.293 e. The van der Waals surface area contributed by atoms with Crippen molar-refractivity contribution in [1.29, 1.82) is 0 Å². The van der Waals surface area contributed by atoms with Crippen molar-refractivity contribution in [2.75, 3.05) is 12.8 Å². The molecule has 0 unspecified atom stereocenters. The van der Waals surface area contributed by atoms with Crippen LogP contribution in [0.4, 0.5) is 17.6 Å². The van der Waals surface area contributed by atoms with Gasteiger partial charge in [0.1, 0.15) is 17.3 Å². The first-order valence-electron chi connectivity index (χ1n) is 8.87. The van der Waals surface area contributed by atoms with Gasteiger partial charge in [0.2, 0.25) is 10.0 Å². The highest BCUT2D eigenvalue weighted by Crippen LogP contribution is 2.28. The minimum absolute atomic E-state index is 0.0897. The first kappa shape index (κ1) is 25.7. The monoisotopic (exact) mass is 499 g/mol. The number of hydrogen-bond donors (Lipinski definition) is 0. The van der Waals surface area contributed by atoms with Crippen molar-refractivity contribution in [3.63, 3.8) is 0 Å². The molecule has 176 valence electrons. The molecule has 32 heavy (non-hydrogen) atoms. The van der Waals surface area contributed by atoms with Gasteiger partial charge in [0.25, 0.3) is 5.56 Å². The van der Waals surface area contributed by atoms with Gasteiger partial charge in [0, 0.05) is 31.8 Å². The maximum atomic E-state index is 14.5. The molecule has 0 amide bonds. The normalized spacial score (nSPS) is 12.6. The van der Waals surface area contributed by atoms with Crippen LogP contribution in [-0.4, -0.2) is 46.5 Å². The standard InChI is InChI=1S/C18H18ClF4N3O5S/c1-9(2)25(4)32(30,31)8-14(27)10-5-13(12(20)6-11(10)19)26-16(28)7-15(18(21,22)23)24(3)17(26)29/h5-7,9H,8H2,1-4H3. The number of hydrogen-bond acceptors (Lipinski definition) is 5. The van der Waals surface area contributed by atoms with Gasteiger partial charge in [-0.05, 0) is 26.0 Å². The van der Waals surface area contributed by atoms with E-state index in [1.54, 1.807) is 13.8 Å². The predicted molar refractivity (Wildman–Crippen MR) is 108 cm³/mol. The smallest absolute Gasteiger partial charge is 0.293 e. The van der Waals surface area contributed by atoms with E-state index in [4.69, 9.17) is 11.6 Å². The summed E-state index contributed by atoms with van der Waals surface area (Å²) < 4.78 is 79.4. The van der Waals surface area contributed by atoms with Crippen LogP contribution in [-0.2, 0) is 23.2 Å². The molecule has 0 saturated heterocycles. The van der Waals surface area contributed by atoms with Crippen LogP contribution in [0.15, 0.2) is 27.8 Å². The summed E-state index contributed by atoms with van der Waals surface area (Å²) >= 11 is 5.86. The lowest BCUT2D eigenvalue weighted by atomic mass is 10.1. The van der Waals surface area contributed by atoms with E-state index < -0.39 is 72.8 Å². The highest BCUT2D eigenvalue weighted by Gasteiger charge is 2.35. The maximum absolute atomic E-state index is 14.5. The van der Waals surface area contributed by atoms with E-state index in [1.165, 1.54) is 7.05 Å². The third-order valence-electron chi connectivity index (χ3n) is 4.67. The molecule has 0 bridgehead atoms. The largest absolute Gasteiger partial charge is 0.431 e. The van der Waals surface area contributed by atoms with Gasteiger partial charge in [-0.3, -0.25) is 14.2 Å². The highest BCUT2D eigenvalue weighted by atomic mass is 35.5. The molecule has 0 atom stereocenters. The second-order valence-corrected chi connectivity index (χ2v) is 9.55. The molecule has 1 heterocycles. The summed E-state index contributed by atoms with van der Waals surface area (Å²) in [5.41, 5.74) is -5.98. The maximum Gasteiger partial charge on any atom is 0.431 e. The molecule has 0 saturated carbocycles. The van der Waals surface area contributed by atoms with Crippen molar-refractivity contribution in [3.8, 4) is 5.69 Å². The van der Waals surface area contributed by atoms with Gasteiger partial charge in [-0.1, -0.05) is 11.6 Å². The number of carbonyl (C=O) groups excluding carboxylic acids is 1. The molecule has 0 aliphatic rings. The van der Waals surface area contributed by atoms with E-state index in [0.29, 0.717) is 12.1 Å². The molecule has 0 aliphatic carbocycles. The van der Waals surface area contributed by atoms with E-state index >= 15 is 0 Å². The van der Waals surface area contributed by atoms with Crippen LogP contribution in [0.3, 0.4) is 0 Å². The Balaban J connectivity index is 2.67. The molecule has 0 aliphatic heterocycles. The summed E-state index contributed by atoms with van der Waals surface area (Å²) in [6.07, 6.45) is -5.03. The van der Waals surface area contributed by atoms with Gasteiger partial charge in [-0.25, -0.2) is 26.5 Å². The molecule has 2 rings (SSSR count). The zero-order valence-corrected chi connectivity index (χ0v) is 18.8. The fourth-order valence-corrected chi connectivity index (χ4v) is 4.30. The van der Waals surface area contributed by atoms with Crippen molar-refractivity contribution in [1.82, 2.24) is 13.4 Å². The summed E-state index contributed by atoms with van der Waals surface area (Å²) in [5.74, 6) is -3.40. The van der Waals surface area contributed by atoms with Crippen LogP contribution < -0.4 is 11.2 Å².